The van der Waals surface area contributed by atoms with E-state index >= 15 is 0 Å². The number of rotatable bonds is 7. The summed E-state index contributed by atoms with van der Waals surface area (Å²) >= 11 is 1.51. The van der Waals surface area contributed by atoms with Gasteiger partial charge < -0.3 is 18.8 Å². The molecule has 0 aliphatic rings. The van der Waals surface area contributed by atoms with Gasteiger partial charge in [0.05, 0.1) is 36.6 Å². The molecule has 3 aromatic rings. The van der Waals surface area contributed by atoms with Crippen molar-refractivity contribution < 1.29 is 19.0 Å². The van der Waals surface area contributed by atoms with Crippen molar-refractivity contribution in [3.63, 3.8) is 0 Å². The summed E-state index contributed by atoms with van der Waals surface area (Å²) in [6, 6.07) is 9.47. The molecule has 1 heterocycles. The van der Waals surface area contributed by atoms with E-state index in [4.69, 9.17) is 14.2 Å². The van der Waals surface area contributed by atoms with Gasteiger partial charge in [-0.2, -0.15) is 4.99 Å². The SMILES string of the molecule is CCOCCn1c(=NC(=O)c2cccc(OC)c2OC)sc2c(C)cc(C)cc21. The van der Waals surface area contributed by atoms with Crippen LogP contribution in [0, 0.1) is 13.8 Å². The third-order valence-electron chi connectivity index (χ3n) is 4.61. The van der Waals surface area contributed by atoms with Gasteiger partial charge in [-0.15, -0.1) is 0 Å². The predicted molar refractivity (Wildman–Crippen MR) is 115 cm³/mol. The highest BCUT2D eigenvalue weighted by molar-refractivity contribution is 7.16. The fraction of sp³-hybridized carbons (Fsp3) is 0.364. The van der Waals surface area contributed by atoms with Crippen molar-refractivity contribution in [2.75, 3.05) is 27.4 Å². The Morgan fingerprint density at radius 2 is 1.97 bits per heavy atom. The molecule has 1 amide bonds. The first-order valence-electron chi connectivity index (χ1n) is 9.48. The van der Waals surface area contributed by atoms with E-state index in [2.05, 4.69) is 35.5 Å². The monoisotopic (exact) mass is 414 g/mol. The normalized spacial score (nSPS) is 11.8. The molecule has 3 rings (SSSR count). The number of hydrogen-bond donors (Lipinski definition) is 0. The zero-order chi connectivity index (χ0) is 21.0. The summed E-state index contributed by atoms with van der Waals surface area (Å²) in [4.78, 5) is 18.1. The van der Waals surface area contributed by atoms with Crippen molar-refractivity contribution in [1.29, 1.82) is 0 Å². The van der Waals surface area contributed by atoms with E-state index in [0.29, 0.717) is 41.6 Å². The van der Waals surface area contributed by atoms with Gasteiger partial charge in [0.15, 0.2) is 16.3 Å². The van der Waals surface area contributed by atoms with Crippen LogP contribution < -0.4 is 14.3 Å². The quantitative estimate of drug-likeness (QED) is 0.546. The van der Waals surface area contributed by atoms with Gasteiger partial charge in [-0.25, -0.2) is 0 Å². The van der Waals surface area contributed by atoms with Crippen LogP contribution in [0.3, 0.4) is 0 Å². The van der Waals surface area contributed by atoms with Crippen molar-refractivity contribution in [2.45, 2.75) is 27.3 Å². The van der Waals surface area contributed by atoms with Crippen LogP contribution in [-0.2, 0) is 11.3 Å². The minimum atomic E-state index is -0.369. The second-order valence-electron chi connectivity index (χ2n) is 6.62. The zero-order valence-corrected chi connectivity index (χ0v) is 18.3. The second kappa shape index (κ2) is 9.24. The van der Waals surface area contributed by atoms with E-state index in [1.54, 1.807) is 25.3 Å². The highest BCUT2D eigenvalue weighted by Gasteiger charge is 2.17. The Bertz CT molecular complexity index is 1100. The Kier molecular flexibility index (Phi) is 6.71. The molecule has 0 saturated carbocycles. The number of fused-ring (bicyclic) bond motifs is 1. The number of para-hydroxylation sites is 1. The highest BCUT2D eigenvalue weighted by atomic mass is 32.1. The average Bonchev–Trinajstić information content (AvgIpc) is 3.05. The number of thiazole rings is 1. The first-order chi connectivity index (χ1) is 14.0. The maximum atomic E-state index is 13.0. The Morgan fingerprint density at radius 1 is 1.17 bits per heavy atom. The third kappa shape index (κ3) is 4.36. The number of ether oxygens (including phenoxy) is 3. The van der Waals surface area contributed by atoms with E-state index < -0.39 is 0 Å². The van der Waals surface area contributed by atoms with Gasteiger partial charge in [0.1, 0.15) is 0 Å². The van der Waals surface area contributed by atoms with Crippen LogP contribution in [0.15, 0.2) is 35.3 Å². The molecule has 0 N–H and O–H groups in total. The van der Waals surface area contributed by atoms with Gasteiger partial charge in [0.2, 0.25) is 0 Å². The minimum absolute atomic E-state index is 0.369. The molecule has 0 atom stereocenters. The van der Waals surface area contributed by atoms with E-state index in [1.165, 1.54) is 29.6 Å². The lowest BCUT2D eigenvalue weighted by Gasteiger charge is -2.10. The molecule has 7 heteroatoms. The largest absolute Gasteiger partial charge is 0.493 e. The average molecular weight is 415 g/mol. The number of carbonyl (C=O) groups excluding carboxylic acids is 1. The number of aromatic nitrogens is 1. The van der Waals surface area contributed by atoms with E-state index in [1.807, 2.05) is 6.92 Å². The van der Waals surface area contributed by atoms with Crippen LogP contribution in [0.5, 0.6) is 11.5 Å². The molecule has 0 spiro atoms. The summed E-state index contributed by atoms with van der Waals surface area (Å²) in [5.41, 5.74) is 3.78. The number of carbonyl (C=O) groups is 1. The van der Waals surface area contributed by atoms with Gasteiger partial charge in [-0.3, -0.25) is 4.79 Å². The van der Waals surface area contributed by atoms with Crippen molar-refractivity contribution in [3.8, 4) is 11.5 Å². The molecular weight excluding hydrogens is 388 g/mol. The van der Waals surface area contributed by atoms with E-state index in [0.717, 1.165) is 10.2 Å². The third-order valence-corrected chi connectivity index (χ3v) is 5.84. The molecule has 154 valence electrons. The molecule has 0 bridgehead atoms. The maximum Gasteiger partial charge on any atom is 0.283 e. The first-order valence-corrected chi connectivity index (χ1v) is 10.3. The Hall–Kier alpha value is -2.64. The van der Waals surface area contributed by atoms with Gasteiger partial charge in [0, 0.05) is 13.2 Å². The van der Waals surface area contributed by atoms with Crippen molar-refractivity contribution in [3.05, 3.63) is 51.8 Å². The fourth-order valence-electron chi connectivity index (χ4n) is 3.32. The molecule has 29 heavy (non-hydrogen) atoms. The van der Waals surface area contributed by atoms with Crippen molar-refractivity contribution >= 4 is 27.5 Å². The molecule has 0 aliphatic carbocycles. The Balaban J connectivity index is 2.15. The summed E-state index contributed by atoms with van der Waals surface area (Å²) in [6.45, 7) is 7.94. The summed E-state index contributed by atoms with van der Waals surface area (Å²) in [5, 5.41) is 0. The lowest BCUT2D eigenvalue weighted by molar-refractivity contribution is 0.0993. The number of hydrogen-bond acceptors (Lipinski definition) is 5. The summed E-state index contributed by atoms with van der Waals surface area (Å²) in [6.07, 6.45) is 0. The van der Waals surface area contributed by atoms with Crippen LogP contribution >= 0.6 is 11.3 Å². The minimum Gasteiger partial charge on any atom is -0.493 e. The van der Waals surface area contributed by atoms with Crippen molar-refractivity contribution in [2.24, 2.45) is 4.99 Å². The maximum absolute atomic E-state index is 13.0. The smallest absolute Gasteiger partial charge is 0.283 e. The van der Waals surface area contributed by atoms with Crippen LogP contribution in [0.4, 0.5) is 0 Å². The number of aryl methyl sites for hydroxylation is 2. The highest BCUT2D eigenvalue weighted by Crippen LogP contribution is 2.31. The van der Waals surface area contributed by atoms with Crippen LogP contribution in [0.2, 0.25) is 0 Å². The lowest BCUT2D eigenvalue weighted by Crippen LogP contribution is -2.20. The van der Waals surface area contributed by atoms with Crippen LogP contribution in [0.25, 0.3) is 10.2 Å². The zero-order valence-electron chi connectivity index (χ0n) is 17.4. The molecule has 0 saturated heterocycles. The Morgan fingerprint density at radius 3 is 2.66 bits per heavy atom. The fourth-order valence-corrected chi connectivity index (χ4v) is 4.42. The van der Waals surface area contributed by atoms with Gasteiger partial charge >= 0.3 is 0 Å². The molecule has 0 fully saturated rings. The number of benzene rings is 2. The summed E-state index contributed by atoms with van der Waals surface area (Å²) in [5.74, 6) is 0.519. The predicted octanol–water partition coefficient (Wildman–Crippen LogP) is 4.11. The summed E-state index contributed by atoms with van der Waals surface area (Å²) in [7, 11) is 3.06. The number of amides is 1. The summed E-state index contributed by atoms with van der Waals surface area (Å²) < 4.78 is 19.4. The van der Waals surface area contributed by atoms with Crippen molar-refractivity contribution in [1.82, 2.24) is 4.57 Å². The standard InChI is InChI=1S/C22H26N2O4S/c1-6-28-11-10-24-17-13-14(2)12-15(3)20(17)29-22(24)23-21(25)16-8-7-9-18(26-4)19(16)27-5/h7-9,12-13H,6,10-11H2,1-5H3. The molecule has 0 unspecified atom stereocenters. The Labute approximate surface area is 174 Å². The molecule has 2 aromatic carbocycles. The molecule has 6 nitrogen and oxygen atoms in total. The van der Waals surface area contributed by atoms with E-state index in [9.17, 15) is 4.79 Å². The number of nitrogens with zero attached hydrogens (tertiary/aromatic N) is 2. The van der Waals surface area contributed by atoms with Crippen LogP contribution in [0.1, 0.15) is 28.4 Å². The van der Waals surface area contributed by atoms with Gasteiger partial charge in [0.25, 0.3) is 5.91 Å². The molecular formula is C22H26N2O4S. The molecule has 1 aromatic heterocycles. The topological polar surface area (TPSA) is 62.1 Å². The second-order valence-corrected chi connectivity index (χ2v) is 7.60. The first kappa shape index (κ1) is 21.1. The van der Waals surface area contributed by atoms with E-state index in [-0.39, 0.29) is 5.91 Å². The molecule has 0 radical (unpaired) electrons. The van der Waals surface area contributed by atoms with Crippen LogP contribution in [-0.4, -0.2) is 37.9 Å². The van der Waals surface area contributed by atoms with Gasteiger partial charge in [-0.05, 0) is 50.1 Å². The van der Waals surface area contributed by atoms with Gasteiger partial charge in [-0.1, -0.05) is 23.5 Å². The molecule has 0 aliphatic heterocycles. The lowest BCUT2D eigenvalue weighted by atomic mass is 10.1. The number of methoxy groups -OCH3 is 2.